The van der Waals surface area contributed by atoms with E-state index in [9.17, 15) is 35.4 Å². The first-order valence-electron chi connectivity index (χ1n) is 14.0. The highest BCUT2D eigenvalue weighted by atomic mass is 16.3. The van der Waals surface area contributed by atoms with Crippen LogP contribution in [0.3, 0.4) is 0 Å². The van der Waals surface area contributed by atoms with Crippen LogP contribution < -0.4 is 0 Å². The third-order valence-electron chi connectivity index (χ3n) is 11.6. The van der Waals surface area contributed by atoms with E-state index in [0.29, 0.717) is 32.1 Å². The molecule has 0 aliphatic heterocycles. The molecule has 7 heteroatoms. The van der Waals surface area contributed by atoms with Gasteiger partial charge in [0.15, 0.2) is 5.78 Å². The highest BCUT2D eigenvalue weighted by molar-refractivity contribution is 5.95. The lowest BCUT2D eigenvalue weighted by Crippen LogP contribution is -2.63. The molecule has 36 heavy (non-hydrogen) atoms. The Balaban J connectivity index is 1.65. The van der Waals surface area contributed by atoms with Crippen LogP contribution in [0.1, 0.15) is 86.0 Å². The van der Waals surface area contributed by atoms with Gasteiger partial charge in [-0.1, -0.05) is 34.1 Å². The van der Waals surface area contributed by atoms with E-state index in [1.54, 1.807) is 13.0 Å². The maximum atomic E-state index is 13.3. The Kier molecular flexibility index (Phi) is 7.38. The Morgan fingerprint density at radius 1 is 1.14 bits per heavy atom. The molecule has 3 fully saturated rings. The van der Waals surface area contributed by atoms with Crippen LogP contribution in [-0.4, -0.2) is 72.5 Å². The zero-order chi connectivity index (χ0) is 26.8. The van der Waals surface area contributed by atoms with Gasteiger partial charge in [-0.25, -0.2) is 0 Å². The molecule has 4 aliphatic rings. The predicted molar refractivity (Wildman–Crippen MR) is 136 cm³/mol. The number of carbonyl (C=O) groups is 1. The molecule has 12 atom stereocenters. The van der Waals surface area contributed by atoms with Gasteiger partial charge in [0.05, 0.1) is 29.5 Å². The average Bonchev–Trinajstić information content (AvgIpc) is 3.10. The van der Waals surface area contributed by atoms with Gasteiger partial charge in [0.25, 0.3) is 0 Å². The van der Waals surface area contributed by atoms with Gasteiger partial charge in [-0.2, -0.15) is 0 Å². The molecule has 12 unspecified atom stereocenters. The number of hydrogen-bond acceptors (Lipinski definition) is 7. The van der Waals surface area contributed by atoms with Crippen LogP contribution in [-0.2, 0) is 4.79 Å². The molecule has 4 rings (SSSR count). The molecule has 0 bridgehead atoms. The number of hydrogen-bond donors (Lipinski definition) is 6. The summed E-state index contributed by atoms with van der Waals surface area (Å²) in [4.78, 5) is 13.3. The Morgan fingerprint density at radius 3 is 2.42 bits per heavy atom. The number of fused-ring (bicyclic) bond motifs is 5. The second-order valence-electron chi connectivity index (χ2n) is 13.4. The highest BCUT2D eigenvalue weighted by Crippen LogP contribution is 2.68. The summed E-state index contributed by atoms with van der Waals surface area (Å²) in [6.45, 7) is 9.70. The molecule has 3 saturated carbocycles. The summed E-state index contributed by atoms with van der Waals surface area (Å²) in [5.74, 6) is -0.824. The molecule has 7 nitrogen and oxygen atoms in total. The van der Waals surface area contributed by atoms with Crippen molar-refractivity contribution in [2.24, 2.45) is 40.4 Å². The summed E-state index contributed by atoms with van der Waals surface area (Å²) in [6, 6.07) is 0. The maximum absolute atomic E-state index is 13.3. The molecule has 0 spiro atoms. The van der Waals surface area contributed by atoms with Crippen molar-refractivity contribution in [2.45, 2.75) is 115 Å². The normalized spacial score (nSPS) is 46.6. The lowest BCUT2D eigenvalue weighted by atomic mass is 9.45. The fourth-order valence-electron chi connectivity index (χ4n) is 9.02. The molecule has 0 aromatic carbocycles. The van der Waals surface area contributed by atoms with Crippen molar-refractivity contribution >= 4 is 5.78 Å². The Labute approximate surface area is 215 Å². The van der Waals surface area contributed by atoms with Crippen molar-refractivity contribution in [1.29, 1.82) is 0 Å². The van der Waals surface area contributed by atoms with Crippen LogP contribution in [0.5, 0.6) is 0 Å². The Hall–Kier alpha value is -0.830. The molecule has 0 saturated heterocycles. The molecule has 0 heterocycles. The molecular formula is C29H48O7. The first kappa shape index (κ1) is 28.2. The Morgan fingerprint density at radius 2 is 1.81 bits per heavy atom. The number of ketones is 1. The zero-order valence-corrected chi connectivity index (χ0v) is 22.7. The molecule has 6 N–H and O–H groups in total. The number of carbonyl (C=O) groups excluding carboxylic acids is 1. The lowest BCUT2D eigenvalue weighted by molar-refractivity contribution is -0.178. The molecule has 206 valence electrons. The summed E-state index contributed by atoms with van der Waals surface area (Å²) in [5, 5.41) is 65.7. The van der Waals surface area contributed by atoms with Crippen LogP contribution in [0.2, 0.25) is 0 Å². The fraction of sp³-hybridized carbons (Fsp3) is 0.897. The van der Waals surface area contributed by atoms with Gasteiger partial charge >= 0.3 is 0 Å². The molecule has 4 aliphatic carbocycles. The maximum Gasteiger partial charge on any atom is 0.159 e. The third-order valence-corrected chi connectivity index (χ3v) is 11.6. The van der Waals surface area contributed by atoms with Crippen molar-refractivity contribution in [2.75, 3.05) is 6.61 Å². The lowest BCUT2D eigenvalue weighted by Gasteiger charge is -2.60. The van der Waals surface area contributed by atoms with Gasteiger partial charge in [-0.15, -0.1) is 0 Å². The van der Waals surface area contributed by atoms with Gasteiger partial charge < -0.3 is 30.6 Å². The fourth-order valence-corrected chi connectivity index (χ4v) is 9.02. The number of rotatable bonds is 7. The van der Waals surface area contributed by atoms with Gasteiger partial charge in [0.2, 0.25) is 0 Å². The highest BCUT2D eigenvalue weighted by Gasteiger charge is 2.69. The smallest absolute Gasteiger partial charge is 0.159 e. The van der Waals surface area contributed by atoms with E-state index in [-0.39, 0.29) is 48.4 Å². The summed E-state index contributed by atoms with van der Waals surface area (Å²) in [6.07, 6.45) is 2.83. The van der Waals surface area contributed by atoms with Crippen LogP contribution >= 0.6 is 0 Å². The minimum absolute atomic E-state index is 0.0171. The van der Waals surface area contributed by atoms with Crippen LogP contribution in [0.15, 0.2) is 11.6 Å². The minimum atomic E-state index is -1.44. The van der Waals surface area contributed by atoms with Crippen molar-refractivity contribution in [3.8, 4) is 0 Å². The standard InChI is InChI=1S/C29H48O7/c1-6-17(16(2)15-30)11-25(34)28(5,35)24-8-10-29(36)19-12-21(31)20-13-22(32)23(33)14-26(20,3)18(19)7-9-27(24,29)4/h12,16-18,20,22-25,30,32-36H,6-11,13-15H2,1-5H3. The zero-order valence-electron chi connectivity index (χ0n) is 22.7. The molecule has 0 radical (unpaired) electrons. The van der Waals surface area contributed by atoms with Crippen molar-refractivity contribution in [3.05, 3.63) is 11.6 Å². The van der Waals surface area contributed by atoms with E-state index in [2.05, 4.69) is 0 Å². The van der Waals surface area contributed by atoms with E-state index in [1.165, 1.54) is 0 Å². The average molecular weight is 509 g/mol. The molecule has 0 aromatic heterocycles. The van der Waals surface area contributed by atoms with Gasteiger partial charge in [-0.3, -0.25) is 4.79 Å². The summed E-state index contributed by atoms with van der Waals surface area (Å²) in [5.41, 5.74) is -3.26. The Bertz CT molecular complexity index is 885. The van der Waals surface area contributed by atoms with Crippen LogP contribution in [0.25, 0.3) is 0 Å². The first-order chi connectivity index (χ1) is 16.7. The van der Waals surface area contributed by atoms with E-state index in [1.807, 2.05) is 27.7 Å². The largest absolute Gasteiger partial charge is 0.396 e. The summed E-state index contributed by atoms with van der Waals surface area (Å²) >= 11 is 0. The van der Waals surface area contributed by atoms with E-state index >= 15 is 0 Å². The SMILES string of the molecule is CCC(CC(O)C(C)(O)C1CCC2(O)C3=CC(=O)C4CC(O)C(O)CC4(C)C3CCC12C)C(C)CO. The van der Waals surface area contributed by atoms with Gasteiger partial charge in [-0.05, 0) is 92.6 Å². The monoisotopic (exact) mass is 508 g/mol. The van der Waals surface area contributed by atoms with Crippen molar-refractivity contribution in [1.82, 2.24) is 0 Å². The third kappa shape index (κ3) is 3.95. The van der Waals surface area contributed by atoms with Gasteiger partial charge in [0.1, 0.15) is 0 Å². The van der Waals surface area contributed by atoms with Crippen LogP contribution in [0, 0.1) is 40.4 Å². The summed E-state index contributed by atoms with van der Waals surface area (Å²) < 4.78 is 0. The second-order valence-corrected chi connectivity index (χ2v) is 13.4. The van der Waals surface area contributed by atoms with E-state index in [4.69, 9.17) is 0 Å². The van der Waals surface area contributed by atoms with E-state index in [0.717, 1.165) is 18.4 Å². The molecule has 0 aromatic rings. The predicted octanol–water partition coefficient (Wildman–Crippen LogP) is 2.35. The van der Waals surface area contributed by atoms with Crippen molar-refractivity contribution in [3.63, 3.8) is 0 Å². The topological polar surface area (TPSA) is 138 Å². The van der Waals surface area contributed by atoms with Crippen LogP contribution in [0.4, 0.5) is 0 Å². The minimum Gasteiger partial charge on any atom is -0.396 e. The molecule has 0 amide bonds. The van der Waals surface area contributed by atoms with E-state index < -0.39 is 40.3 Å². The quantitative estimate of drug-likeness (QED) is 0.310. The number of allylic oxidation sites excluding steroid dienone is 1. The number of aliphatic hydroxyl groups is 6. The second kappa shape index (κ2) is 9.42. The first-order valence-corrected chi connectivity index (χ1v) is 14.0. The summed E-state index contributed by atoms with van der Waals surface area (Å²) in [7, 11) is 0. The molecular weight excluding hydrogens is 460 g/mol. The van der Waals surface area contributed by atoms with Gasteiger partial charge in [0, 0.05) is 17.9 Å². The van der Waals surface area contributed by atoms with Crippen molar-refractivity contribution < 1.29 is 35.4 Å². The number of aliphatic hydroxyl groups excluding tert-OH is 4.